The largest absolute Gasteiger partial charge is 0.393 e. The maximum Gasteiger partial charge on any atom is 0.270 e. The van der Waals surface area contributed by atoms with Gasteiger partial charge in [-0.05, 0) is 41.5 Å². The minimum absolute atomic E-state index is 0.319. The highest BCUT2D eigenvalue weighted by atomic mass is 32.7. The van der Waals surface area contributed by atoms with Crippen LogP contribution in [0.25, 0.3) is 0 Å². The van der Waals surface area contributed by atoms with Crippen LogP contribution in [0, 0.1) is 0 Å². The number of aliphatic hydroxyl groups excluding tert-OH is 1. The van der Waals surface area contributed by atoms with E-state index in [1.165, 1.54) is 11.4 Å². The average molecular weight is 240 g/mol. The molecule has 0 aromatic rings. The van der Waals surface area contributed by atoms with Gasteiger partial charge >= 0.3 is 0 Å². The summed E-state index contributed by atoms with van der Waals surface area (Å²) in [5, 5.41) is 9.10. The van der Waals surface area contributed by atoms with Crippen molar-refractivity contribution in [3.8, 4) is 0 Å². The molecule has 1 atom stereocenters. The molecule has 14 heavy (non-hydrogen) atoms. The maximum absolute atomic E-state index is 12.3. The second kappa shape index (κ2) is 6.13. The van der Waals surface area contributed by atoms with Crippen LogP contribution in [-0.4, -0.2) is 54.5 Å². The van der Waals surface area contributed by atoms with Crippen LogP contribution in [0.4, 0.5) is 0 Å². The van der Waals surface area contributed by atoms with E-state index in [1.807, 2.05) is 28.2 Å². The molecule has 0 aromatic heterocycles. The fourth-order valence-electron chi connectivity index (χ4n) is 0.931. The van der Waals surface area contributed by atoms with Gasteiger partial charge in [0.2, 0.25) is 0 Å². The van der Waals surface area contributed by atoms with E-state index in [1.54, 1.807) is 16.3 Å². The number of hydrogen-bond acceptors (Lipinski definition) is 3. The van der Waals surface area contributed by atoms with Crippen LogP contribution < -0.4 is 0 Å². The molecule has 0 saturated carbocycles. The molecule has 0 spiro atoms. The van der Waals surface area contributed by atoms with Crippen molar-refractivity contribution in [1.29, 1.82) is 0 Å². The van der Waals surface area contributed by atoms with E-state index in [2.05, 4.69) is 0 Å². The molecule has 1 unspecified atom stereocenters. The van der Waals surface area contributed by atoms with Crippen LogP contribution in [0.2, 0.25) is 0 Å². The molecule has 4 nitrogen and oxygen atoms in total. The quantitative estimate of drug-likeness (QED) is 0.716. The first kappa shape index (κ1) is 14.5. The zero-order valence-electron chi connectivity index (χ0n) is 9.60. The van der Waals surface area contributed by atoms with E-state index in [0.717, 1.165) is 0 Å². The fourth-order valence-corrected chi connectivity index (χ4v) is 5.21. The first-order valence-corrected chi connectivity index (χ1v) is 7.79. The van der Waals surface area contributed by atoms with Gasteiger partial charge in [0.1, 0.15) is 0 Å². The molecule has 0 saturated heterocycles. The van der Waals surface area contributed by atoms with E-state index < -0.39 is 6.65 Å². The van der Waals surface area contributed by atoms with Crippen LogP contribution in [0.15, 0.2) is 0 Å². The highest BCUT2D eigenvalue weighted by Gasteiger charge is 2.28. The van der Waals surface area contributed by atoms with E-state index in [0.29, 0.717) is 12.2 Å². The van der Waals surface area contributed by atoms with Gasteiger partial charge in [-0.1, -0.05) is 11.4 Å². The van der Waals surface area contributed by atoms with Crippen molar-refractivity contribution in [1.82, 2.24) is 9.34 Å². The van der Waals surface area contributed by atoms with Gasteiger partial charge in [-0.2, -0.15) is 0 Å². The molecule has 0 aliphatic carbocycles. The molecule has 0 amide bonds. The van der Waals surface area contributed by atoms with Gasteiger partial charge in [-0.3, -0.25) is 4.57 Å². The molecule has 0 bridgehead atoms. The Balaban J connectivity index is 4.19. The van der Waals surface area contributed by atoms with Gasteiger partial charge in [-0.15, -0.1) is 0 Å². The fraction of sp³-hybridized carbons (Fsp3) is 1.00. The Kier molecular flexibility index (Phi) is 6.33. The first-order valence-electron chi connectivity index (χ1n) is 4.59. The predicted octanol–water partition coefficient (Wildman–Crippen LogP) is 1.72. The summed E-state index contributed by atoms with van der Waals surface area (Å²) in [7, 11) is 7.26. The second-order valence-electron chi connectivity index (χ2n) is 3.66. The van der Waals surface area contributed by atoms with Crippen LogP contribution in [0.3, 0.4) is 0 Å². The summed E-state index contributed by atoms with van der Waals surface area (Å²) in [6.45, 7) is -0.700. The third-order valence-electron chi connectivity index (χ3n) is 1.81. The lowest BCUT2D eigenvalue weighted by atomic mass is 10.3. The minimum atomic E-state index is -2.45. The maximum atomic E-state index is 12.3. The van der Waals surface area contributed by atoms with E-state index in [-0.39, 0.29) is 6.10 Å². The lowest BCUT2D eigenvalue weighted by Gasteiger charge is -2.29. The molecule has 0 radical (unpaired) electrons. The molecule has 86 valence electrons. The van der Waals surface area contributed by atoms with Crippen molar-refractivity contribution in [2.24, 2.45) is 0 Å². The Hall–Kier alpha value is 0.460. The van der Waals surface area contributed by atoms with Gasteiger partial charge in [-0.25, -0.2) is 9.34 Å². The highest BCUT2D eigenvalue weighted by Crippen LogP contribution is 2.61. The number of nitrogens with zero attached hydrogens (tertiary/aromatic N) is 2. The lowest BCUT2D eigenvalue weighted by molar-refractivity contribution is 0.192. The standard InChI is InChI=1S/C8H21N2O2PS/c1-8(11)6-7-14-13(12,9(2)3)10(4)5/h8,11H,6-7H2,1-5H3. The summed E-state index contributed by atoms with van der Waals surface area (Å²) >= 11 is 1.42. The van der Waals surface area contributed by atoms with Gasteiger partial charge in [0.05, 0.1) is 6.10 Å². The van der Waals surface area contributed by atoms with Crippen LogP contribution in [0.5, 0.6) is 0 Å². The molecular weight excluding hydrogens is 219 g/mol. The third kappa shape index (κ3) is 4.32. The Morgan fingerprint density at radius 1 is 1.29 bits per heavy atom. The van der Waals surface area contributed by atoms with E-state index in [4.69, 9.17) is 5.11 Å². The summed E-state index contributed by atoms with van der Waals surface area (Å²) in [4.78, 5) is 0. The Morgan fingerprint density at radius 3 is 2.00 bits per heavy atom. The number of aliphatic hydroxyl groups is 1. The average Bonchev–Trinajstić information content (AvgIpc) is 2.02. The van der Waals surface area contributed by atoms with E-state index in [9.17, 15) is 4.57 Å². The smallest absolute Gasteiger partial charge is 0.270 e. The van der Waals surface area contributed by atoms with Crippen LogP contribution in [-0.2, 0) is 4.57 Å². The van der Waals surface area contributed by atoms with Crippen LogP contribution in [0.1, 0.15) is 13.3 Å². The molecule has 6 heteroatoms. The van der Waals surface area contributed by atoms with Crippen molar-refractivity contribution in [2.45, 2.75) is 19.4 Å². The SMILES string of the molecule is CC(O)CCSP(=O)(N(C)C)N(C)C. The molecule has 0 fully saturated rings. The molecule has 0 rings (SSSR count). The number of hydrogen-bond donors (Lipinski definition) is 1. The molecular formula is C8H21N2O2PS. The summed E-state index contributed by atoms with van der Waals surface area (Å²) in [6.07, 6.45) is 0.358. The van der Waals surface area contributed by atoms with Crippen molar-refractivity contribution in [2.75, 3.05) is 33.9 Å². The van der Waals surface area contributed by atoms with Gasteiger partial charge in [0.15, 0.2) is 0 Å². The Bertz CT molecular complexity index is 198. The lowest BCUT2D eigenvalue weighted by Crippen LogP contribution is -2.19. The zero-order valence-corrected chi connectivity index (χ0v) is 11.3. The summed E-state index contributed by atoms with van der Waals surface area (Å²) in [6, 6.07) is 0. The topological polar surface area (TPSA) is 43.8 Å². The summed E-state index contributed by atoms with van der Waals surface area (Å²) in [5.41, 5.74) is 0. The number of rotatable bonds is 6. The molecule has 0 aliphatic heterocycles. The monoisotopic (exact) mass is 240 g/mol. The van der Waals surface area contributed by atoms with Gasteiger partial charge in [0.25, 0.3) is 6.65 Å². The van der Waals surface area contributed by atoms with Gasteiger partial charge < -0.3 is 5.11 Å². The van der Waals surface area contributed by atoms with Crippen molar-refractivity contribution >= 4 is 18.0 Å². The Morgan fingerprint density at radius 2 is 1.71 bits per heavy atom. The predicted molar refractivity (Wildman–Crippen MR) is 63.7 cm³/mol. The van der Waals surface area contributed by atoms with Crippen LogP contribution >= 0.6 is 18.0 Å². The zero-order chi connectivity index (χ0) is 11.4. The highest BCUT2D eigenvalue weighted by molar-refractivity contribution is 8.56. The van der Waals surface area contributed by atoms with Gasteiger partial charge in [0, 0.05) is 5.75 Å². The van der Waals surface area contributed by atoms with E-state index >= 15 is 0 Å². The van der Waals surface area contributed by atoms with Crippen molar-refractivity contribution < 1.29 is 9.67 Å². The molecule has 0 heterocycles. The third-order valence-corrected chi connectivity index (χ3v) is 8.10. The van der Waals surface area contributed by atoms with Crippen molar-refractivity contribution in [3.05, 3.63) is 0 Å². The summed E-state index contributed by atoms with van der Waals surface area (Å²) in [5.74, 6) is 0.714. The normalized spacial score (nSPS) is 15.1. The van der Waals surface area contributed by atoms with Crippen molar-refractivity contribution in [3.63, 3.8) is 0 Å². The molecule has 0 aromatic carbocycles. The Labute approximate surface area is 90.9 Å². The molecule has 0 aliphatic rings. The summed E-state index contributed by atoms with van der Waals surface area (Å²) < 4.78 is 15.8. The first-order chi connectivity index (χ1) is 6.30. The molecule has 1 N–H and O–H groups in total. The minimum Gasteiger partial charge on any atom is -0.393 e. The second-order valence-corrected chi connectivity index (χ2v) is 9.11.